The Balaban J connectivity index is 0.000000118. The van der Waals surface area contributed by atoms with Gasteiger partial charge in [0.25, 0.3) is 0 Å². The van der Waals surface area contributed by atoms with Gasteiger partial charge in [-0.3, -0.25) is 0 Å². The second-order valence-electron chi connectivity index (χ2n) is 16.6. The molecule has 0 spiro atoms. The summed E-state index contributed by atoms with van der Waals surface area (Å²) >= 11 is 3.43. The molecular formula is C54H43BrN2O2. The van der Waals surface area contributed by atoms with Crippen LogP contribution in [-0.2, 0) is 10.8 Å². The molecule has 4 nitrogen and oxygen atoms in total. The molecule has 2 aliphatic rings. The summed E-state index contributed by atoms with van der Waals surface area (Å²) in [7, 11) is 0. The highest BCUT2D eigenvalue weighted by Gasteiger charge is 2.36. The van der Waals surface area contributed by atoms with Crippen molar-refractivity contribution in [1.29, 1.82) is 0 Å². The van der Waals surface area contributed by atoms with Gasteiger partial charge in [-0.25, -0.2) is 0 Å². The van der Waals surface area contributed by atoms with Crippen molar-refractivity contribution in [2.24, 2.45) is 0 Å². The summed E-state index contributed by atoms with van der Waals surface area (Å²) in [5.74, 6) is 0. The van der Waals surface area contributed by atoms with Gasteiger partial charge in [0.2, 0.25) is 0 Å². The minimum Gasteiger partial charge on any atom is -0.456 e. The fourth-order valence-electron chi connectivity index (χ4n) is 9.21. The van der Waals surface area contributed by atoms with Crippen LogP contribution in [0.5, 0.6) is 0 Å². The molecule has 0 radical (unpaired) electrons. The molecule has 0 atom stereocenters. The van der Waals surface area contributed by atoms with E-state index < -0.39 is 0 Å². The maximum absolute atomic E-state index is 6.04. The van der Waals surface area contributed by atoms with E-state index in [1.807, 2.05) is 54.6 Å². The third-order valence-corrected chi connectivity index (χ3v) is 12.7. The minimum atomic E-state index is 0.0393. The van der Waals surface area contributed by atoms with Gasteiger partial charge in [-0.1, -0.05) is 141 Å². The van der Waals surface area contributed by atoms with Gasteiger partial charge in [-0.15, -0.1) is 0 Å². The predicted molar refractivity (Wildman–Crippen MR) is 251 cm³/mol. The number of benzene rings is 8. The zero-order valence-corrected chi connectivity index (χ0v) is 35.0. The number of fused-ring (bicyclic) bond motifs is 12. The van der Waals surface area contributed by atoms with Crippen LogP contribution in [-0.4, -0.2) is 0 Å². The van der Waals surface area contributed by atoms with Crippen molar-refractivity contribution in [3.63, 3.8) is 0 Å². The van der Waals surface area contributed by atoms with Crippen molar-refractivity contribution in [3.8, 4) is 22.3 Å². The van der Waals surface area contributed by atoms with Crippen molar-refractivity contribution in [2.75, 3.05) is 11.1 Å². The summed E-state index contributed by atoms with van der Waals surface area (Å²) in [6, 6.07) is 59.0. The Morgan fingerprint density at radius 2 is 0.847 bits per heavy atom. The standard InChI is InChI=1S/C27H21NO.C15H15N.C12H7BrO/c1-27(2)23-9-5-3-7-19(23)22-15-17(12-14-24(22)27)28-18-11-13-21-20-8-4-6-10-25(20)29-26(21)16-18;1-15(2)13-6-4-3-5-11(13)12-9-10(16)7-8-14(12)15;13-8-5-6-10-9-3-1-2-4-11(9)14-12(10)7-8/h3-16,28H,1-2H3;3-9H,16H2,1-2H3;1-7H. The zero-order valence-electron chi connectivity index (χ0n) is 33.4. The van der Waals surface area contributed by atoms with Crippen LogP contribution in [0.2, 0.25) is 0 Å². The fraction of sp³-hybridized carbons (Fsp3) is 0.111. The number of anilines is 3. The fourth-order valence-corrected chi connectivity index (χ4v) is 9.55. The lowest BCUT2D eigenvalue weighted by atomic mass is 9.82. The smallest absolute Gasteiger partial charge is 0.137 e. The number of hydrogen-bond donors (Lipinski definition) is 2. The molecule has 0 saturated carbocycles. The number of rotatable bonds is 2. The summed E-state index contributed by atoms with van der Waals surface area (Å²) in [5, 5.41) is 8.22. The maximum Gasteiger partial charge on any atom is 0.137 e. The molecule has 12 rings (SSSR count). The minimum absolute atomic E-state index is 0.0393. The monoisotopic (exact) mass is 830 g/mol. The maximum atomic E-state index is 6.04. The van der Waals surface area contributed by atoms with E-state index in [1.54, 1.807) is 0 Å². The van der Waals surface area contributed by atoms with Crippen LogP contribution in [0.1, 0.15) is 49.9 Å². The van der Waals surface area contributed by atoms with Gasteiger partial charge in [0, 0.05) is 60.0 Å². The second kappa shape index (κ2) is 14.1. The first-order chi connectivity index (χ1) is 28.6. The Kier molecular flexibility index (Phi) is 8.77. The Morgan fingerprint density at radius 1 is 0.407 bits per heavy atom. The van der Waals surface area contributed by atoms with Crippen LogP contribution in [0.25, 0.3) is 66.1 Å². The molecule has 0 bridgehead atoms. The number of hydrogen-bond acceptors (Lipinski definition) is 4. The first-order valence-electron chi connectivity index (χ1n) is 20.1. The quantitative estimate of drug-likeness (QED) is 0.170. The third-order valence-electron chi connectivity index (χ3n) is 12.2. The summed E-state index contributed by atoms with van der Waals surface area (Å²) < 4.78 is 12.8. The van der Waals surface area contributed by atoms with Gasteiger partial charge in [0.05, 0.1) is 0 Å². The topological polar surface area (TPSA) is 64.3 Å². The SMILES string of the molecule is Brc1ccc2c(c1)oc1ccccc12.CC1(C)c2ccccc2-c2cc(N)ccc21.CC1(C)c2ccccc2-c2cc(Nc3ccc4c(c3)oc3ccccc34)ccc21. The molecule has 0 saturated heterocycles. The number of nitrogen functional groups attached to an aromatic ring is 1. The molecule has 8 aromatic carbocycles. The summed E-state index contributed by atoms with van der Waals surface area (Å²) in [6.45, 7) is 9.16. The molecule has 59 heavy (non-hydrogen) atoms. The van der Waals surface area contributed by atoms with Crippen LogP contribution in [0.15, 0.2) is 183 Å². The molecule has 5 heteroatoms. The van der Waals surface area contributed by atoms with E-state index >= 15 is 0 Å². The van der Waals surface area contributed by atoms with Crippen LogP contribution in [0.4, 0.5) is 17.1 Å². The van der Waals surface area contributed by atoms with E-state index in [0.29, 0.717) is 0 Å². The van der Waals surface area contributed by atoms with Crippen molar-refractivity contribution in [2.45, 2.75) is 38.5 Å². The van der Waals surface area contributed by atoms with E-state index in [9.17, 15) is 0 Å². The van der Waals surface area contributed by atoms with Gasteiger partial charge in [-0.05, 0) is 111 Å². The summed E-state index contributed by atoms with van der Waals surface area (Å²) in [6.07, 6.45) is 0. The molecule has 2 aromatic heterocycles. The predicted octanol–water partition coefficient (Wildman–Crippen LogP) is 15.6. The molecule has 10 aromatic rings. The van der Waals surface area contributed by atoms with Crippen LogP contribution >= 0.6 is 15.9 Å². The number of para-hydroxylation sites is 2. The zero-order chi connectivity index (χ0) is 40.5. The van der Waals surface area contributed by atoms with Crippen LogP contribution in [0.3, 0.4) is 0 Å². The van der Waals surface area contributed by atoms with Gasteiger partial charge < -0.3 is 19.9 Å². The van der Waals surface area contributed by atoms with Gasteiger partial charge in [-0.2, -0.15) is 0 Å². The van der Waals surface area contributed by atoms with Gasteiger partial charge >= 0.3 is 0 Å². The van der Waals surface area contributed by atoms with E-state index in [0.717, 1.165) is 54.6 Å². The highest BCUT2D eigenvalue weighted by atomic mass is 79.9. The number of furan rings is 2. The largest absolute Gasteiger partial charge is 0.456 e. The van der Waals surface area contributed by atoms with E-state index in [1.165, 1.54) is 55.3 Å². The lowest BCUT2D eigenvalue weighted by Gasteiger charge is -2.21. The summed E-state index contributed by atoms with van der Waals surface area (Å²) in [5.41, 5.74) is 23.5. The lowest BCUT2D eigenvalue weighted by Crippen LogP contribution is -2.14. The molecule has 2 heterocycles. The highest BCUT2D eigenvalue weighted by molar-refractivity contribution is 9.10. The number of halogens is 1. The Labute approximate surface area is 352 Å². The van der Waals surface area contributed by atoms with Crippen LogP contribution in [0, 0.1) is 0 Å². The molecule has 0 unspecified atom stereocenters. The highest BCUT2D eigenvalue weighted by Crippen LogP contribution is 2.50. The molecule has 2 aliphatic carbocycles. The lowest BCUT2D eigenvalue weighted by molar-refractivity contribution is 0.660. The molecular weight excluding hydrogens is 789 g/mol. The van der Waals surface area contributed by atoms with Crippen molar-refractivity contribution >= 4 is 76.9 Å². The van der Waals surface area contributed by atoms with Gasteiger partial charge in [0.15, 0.2) is 0 Å². The first kappa shape index (κ1) is 36.8. The van der Waals surface area contributed by atoms with Crippen molar-refractivity contribution in [3.05, 3.63) is 197 Å². The molecule has 0 aliphatic heterocycles. The third kappa shape index (κ3) is 6.29. The molecule has 288 valence electrons. The first-order valence-corrected chi connectivity index (χ1v) is 20.8. The molecule has 0 fully saturated rings. The van der Waals surface area contributed by atoms with E-state index in [-0.39, 0.29) is 10.8 Å². The Morgan fingerprint density at radius 3 is 1.47 bits per heavy atom. The second-order valence-corrected chi connectivity index (χ2v) is 17.5. The normalized spacial score (nSPS) is 13.8. The molecule has 0 amide bonds. The van der Waals surface area contributed by atoms with Crippen LogP contribution < -0.4 is 11.1 Å². The Bertz CT molecular complexity index is 3240. The average Bonchev–Trinajstić information content (AvgIpc) is 3.93. The van der Waals surface area contributed by atoms with Gasteiger partial charge in [0.1, 0.15) is 22.3 Å². The summed E-state index contributed by atoms with van der Waals surface area (Å²) in [4.78, 5) is 0. The van der Waals surface area contributed by atoms with E-state index in [2.05, 4.69) is 164 Å². The number of nitrogens with two attached hydrogens (primary N) is 1. The molecule has 3 N–H and O–H groups in total. The number of nitrogens with one attached hydrogen (secondary N) is 1. The van der Waals surface area contributed by atoms with Crippen molar-refractivity contribution < 1.29 is 8.83 Å². The average molecular weight is 832 g/mol. The van der Waals surface area contributed by atoms with E-state index in [4.69, 9.17) is 14.6 Å². The Hall–Kier alpha value is -6.56. The van der Waals surface area contributed by atoms with Crippen molar-refractivity contribution in [1.82, 2.24) is 0 Å².